The maximum Gasteiger partial charge on any atom is 0.0705 e. The normalized spacial score (nSPS) is 18.6. The zero-order chi connectivity index (χ0) is 13.1. The number of ether oxygens (including phenoxy) is 1. The van der Waals surface area contributed by atoms with Gasteiger partial charge in [0.25, 0.3) is 0 Å². The first kappa shape index (κ1) is 12.6. The van der Waals surface area contributed by atoms with Crippen LogP contribution in [0.1, 0.15) is 25.5 Å². The Bertz CT molecular complexity index is 561. The molecule has 1 aromatic heterocycles. The van der Waals surface area contributed by atoms with Gasteiger partial charge in [-0.25, -0.2) is 0 Å². The molecule has 2 heterocycles. The number of para-hydroxylation sites is 1. The number of hydrogen-bond donors (Lipinski definition) is 1. The van der Waals surface area contributed by atoms with Gasteiger partial charge in [-0.15, -0.1) is 0 Å². The van der Waals surface area contributed by atoms with E-state index < -0.39 is 0 Å². The molecule has 1 N–H and O–H groups in total. The van der Waals surface area contributed by atoms with Crippen molar-refractivity contribution in [3.63, 3.8) is 0 Å². The third-order valence-corrected chi connectivity index (χ3v) is 3.95. The Morgan fingerprint density at radius 2 is 1.95 bits per heavy atom. The Morgan fingerprint density at radius 3 is 2.79 bits per heavy atom. The van der Waals surface area contributed by atoms with Crippen LogP contribution < -0.4 is 5.32 Å². The highest BCUT2D eigenvalue weighted by molar-refractivity contribution is 5.78. The van der Waals surface area contributed by atoms with Crippen LogP contribution in [0.4, 0.5) is 0 Å². The molecule has 2 aromatic rings. The highest BCUT2D eigenvalue weighted by Crippen LogP contribution is 2.20. The highest BCUT2D eigenvalue weighted by atomic mass is 16.5. The van der Waals surface area contributed by atoms with Crippen LogP contribution in [0.15, 0.2) is 36.4 Å². The summed E-state index contributed by atoms with van der Waals surface area (Å²) in [5.74, 6) is 0. The van der Waals surface area contributed by atoms with Crippen LogP contribution in [0.3, 0.4) is 0 Å². The number of nitrogens with one attached hydrogen (secondary N) is 1. The molecule has 3 rings (SSSR count). The average Bonchev–Trinajstić information content (AvgIpc) is 2.46. The summed E-state index contributed by atoms with van der Waals surface area (Å²) < 4.78 is 5.42. The van der Waals surface area contributed by atoms with E-state index in [1.807, 2.05) is 12.1 Å². The van der Waals surface area contributed by atoms with E-state index in [-0.39, 0.29) is 5.54 Å². The van der Waals surface area contributed by atoms with Gasteiger partial charge in [-0.2, -0.15) is 0 Å². The van der Waals surface area contributed by atoms with E-state index in [4.69, 9.17) is 9.72 Å². The van der Waals surface area contributed by atoms with Crippen LogP contribution in [-0.4, -0.2) is 23.7 Å². The van der Waals surface area contributed by atoms with Crippen molar-refractivity contribution < 1.29 is 4.74 Å². The highest BCUT2D eigenvalue weighted by Gasteiger charge is 2.26. The molecule has 3 heteroatoms. The van der Waals surface area contributed by atoms with Crippen molar-refractivity contribution in [1.82, 2.24) is 10.3 Å². The maximum atomic E-state index is 5.42. The van der Waals surface area contributed by atoms with Crippen LogP contribution >= 0.6 is 0 Å². The molecule has 0 spiro atoms. The summed E-state index contributed by atoms with van der Waals surface area (Å²) in [4.78, 5) is 4.70. The van der Waals surface area contributed by atoms with E-state index >= 15 is 0 Å². The van der Waals surface area contributed by atoms with E-state index in [1.54, 1.807) is 0 Å². The molecule has 1 aromatic carbocycles. The van der Waals surface area contributed by atoms with Gasteiger partial charge in [0.1, 0.15) is 0 Å². The monoisotopic (exact) mass is 256 g/mol. The smallest absolute Gasteiger partial charge is 0.0705 e. The molecule has 0 saturated carbocycles. The first-order valence-electron chi connectivity index (χ1n) is 6.93. The topological polar surface area (TPSA) is 34.2 Å². The fraction of sp³-hybridized carbons (Fsp3) is 0.438. The van der Waals surface area contributed by atoms with Crippen molar-refractivity contribution in [3.8, 4) is 0 Å². The molecule has 19 heavy (non-hydrogen) atoms. The molecule has 0 radical (unpaired) electrons. The lowest BCUT2D eigenvalue weighted by molar-refractivity contribution is 0.0445. The Morgan fingerprint density at radius 1 is 1.16 bits per heavy atom. The molecule has 0 amide bonds. The van der Waals surface area contributed by atoms with Gasteiger partial charge in [0.05, 0.1) is 11.2 Å². The van der Waals surface area contributed by atoms with Gasteiger partial charge in [-0.05, 0) is 31.9 Å². The predicted octanol–water partition coefficient (Wildman–Crippen LogP) is 2.89. The van der Waals surface area contributed by atoms with Crippen molar-refractivity contribution in [3.05, 3.63) is 42.1 Å². The zero-order valence-corrected chi connectivity index (χ0v) is 11.4. The number of fused-ring (bicyclic) bond motifs is 1. The summed E-state index contributed by atoms with van der Waals surface area (Å²) in [5.41, 5.74) is 2.36. The lowest BCUT2D eigenvalue weighted by atomic mass is 9.92. The van der Waals surface area contributed by atoms with Crippen molar-refractivity contribution in [2.24, 2.45) is 0 Å². The fourth-order valence-electron chi connectivity index (χ4n) is 2.51. The van der Waals surface area contributed by atoms with Crippen LogP contribution in [0, 0.1) is 0 Å². The van der Waals surface area contributed by atoms with Crippen molar-refractivity contribution in [2.75, 3.05) is 13.2 Å². The number of nitrogens with zero attached hydrogens (tertiary/aromatic N) is 1. The molecule has 3 nitrogen and oxygen atoms in total. The fourth-order valence-corrected chi connectivity index (χ4v) is 2.51. The van der Waals surface area contributed by atoms with Gasteiger partial charge in [0, 0.05) is 30.7 Å². The third kappa shape index (κ3) is 2.94. The van der Waals surface area contributed by atoms with Gasteiger partial charge in [-0.3, -0.25) is 4.98 Å². The minimum absolute atomic E-state index is 0.186. The molecule has 1 saturated heterocycles. The SMILES string of the molecule is CC1(NCc2ccc3ccccc3n2)CCOCC1. The van der Waals surface area contributed by atoms with E-state index in [1.165, 1.54) is 5.39 Å². The minimum atomic E-state index is 0.186. The predicted molar refractivity (Wildman–Crippen MR) is 77.0 cm³/mol. The summed E-state index contributed by atoms with van der Waals surface area (Å²) >= 11 is 0. The van der Waals surface area contributed by atoms with Crippen molar-refractivity contribution in [2.45, 2.75) is 31.8 Å². The molecule has 1 fully saturated rings. The van der Waals surface area contributed by atoms with E-state index in [0.717, 1.165) is 43.8 Å². The van der Waals surface area contributed by atoms with E-state index in [0.29, 0.717) is 0 Å². The Hall–Kier alpha value is -1.45. The largest absolute Gasteiger partial charge is 0.381 e. The standard InChI is InChI=1S/C16H20N2O/c1-16(8-10-19-11-9-16)17-12-14-7-6-13-4-2-3-5-15(13)18-14/h2-7,17H,8-12H2,1H3. The molecule has 0 atom stereocenters. The summed E-state index contributed by atoms with van der Waals surface area (Å²) in [6, 6.07) is 12.5. The molecular formula is C16H20N2O. The van der Waals surface area contributed by atoms with Crippen molar-refractivity contribution >= 4 is 10.9 Å². The molecule has 0 unspecified atom stereocenters. The quantitative estimate of drug-likeness (QED) is 0.917. The first-order valence-corrected chi connectivity index (χ1v) is 6.93. The molecule has 0 aliphatic carbocycles. The zero-order valence-electron chi connectivity index (χ0n) is 11.4. The van der Waals surface area contributed by atoms with Crippen LogP contribution in [0.2, 0.25) is 0 Å². The number of hydrogen-bond acceptors (Lipinski definition) is 3. The summed E-state index contributed by atoms with van der Waals surface area (Å²) in [6.45, 7) is 4.81. The minimum Gasteiger partial charge on any atom is -0.381 e. The number of pyridine rings is 1. The molecule has 100 valence electrons. The van der Waals surface area contributed by atoms with Crippen molar-refractivity contribution in [1.29, 1.82) is 0 Å². The lowest BCUT2D eigenvalue weighted by Gasteiger charge is -2.34. The van der Waals surface area contributed by atoms with E-state index in [2.05, 4.69) is 36.5 Å². The number of rotatable bonds is 3. The van der Waals surface area contributed by atoms with Gasteiger partial charge in [0.15, 0.2) is 0 Å². The Balaban J connectivity index is 1.71. The third-order valence-electron chi connectivity index (χ3n) is 3.95. The van der Waals surface area contributed by atoms with Gasteiger partial charge in [0.2, 0.25) is 0 Å². The summed E-state index contributed by atoms with van der Waals surface area (Å²) in [7, 11) is 0. The second-order valence-electron chi connectivity index (χ2n) is 5.52. The van der Waals surface area contributed by atoms with Crippen LogP contribution in [-0.2, 0) is 11.3 Å². The maximum absolute atomic E-state index is 5.42. The van der Waals surface area contributed by atoms with E-state index in [9.17, 15) is 0 Å². The molecule has 1 aliphatic rings. The second-order valence-corrected chi connectivity index (χ2v) is 5.52. The van der Waals surface area contributed by atoms with Gasteiger partial charge >= 0.3 is 0 Å². The summed E-state index contributed by atoms with van der Waals surface area (Å²) in [5, 5.41) is 4.83. The first-order chi connectivity index (χ1) is 9.25. The van der Waals surface area contributed by atoms with Crippen LogP contribution in [0.5, 0.6) is 0 Å². The molecule has 0 bridgehead atoms. The average molecular weight is 256 g/mol. The Labute approximate surface area is 114 Å². The molecule has 1 aliphatic heterocycles. The van der Waals surface area contributed by atoms with Gasteiger partial charge in [-0.1, -0.05) is 24.3 Å². The number of benzene rings is 1. The van der Waals surface area contributed by atoms with Crippen LogP contribution in [0.25, 0.3) is 10.9 Å². The molecular weight excluding hydrogens is 236 g/mol. The number of aromatic nitrogens is 1. The van der Waals surface area contributed by atoms with Gasteiger partial charge < -0.3 is 10.1 Å². The second kappa shape index (κ2) is 5.27. The Kier molecular flexibility index (Phi) is 3.49. The lowest BCUT2D eigenvalue weighted by Crippen LogP contribution is -2.46. The summed E-state index contributed by atoms with van der Waals surface area (Å²) in [6.07, 6.45) is 2.14.